The number of aliphatic hydroxyl groups is 1. The molecule has 2 aliphatic rings. The fourth-order valence-corrected chi connectivity index (χ4v) is 5.17. The molecule has 9 heteroatoms. The summed E-state index contributed by atoms with van der Waals surface area (Å²) >= 11 is 0. The fraction of sp³-hybridized carbons (Fsp3) is 0.500. The first-order valence-corrected chi connectivity index (χ1v) is 12.0. The van der Waals surface area contributed by atoms with Crippen molar-refractivity contribution in [3.05, 3.63) is 46.0 Å². The molecule has 0 spiro atoms. The molecule has 0 saturated heterocycles. The number of anilines is 1. The number of hydrogen-bond donors (Lipinski definition) is 3. The number of rotatable bonds is 6. The lowest BCUT2D eigenvalue weighted by molar-refractivity contribution is 0.0754. The Labute approximate surface area is 180 Å². The predicted molar refractivity (Wildman–Crippen MR) is 113 cm³/mol. The summed E-state index contributed by atoms with van der Waals surface area (Å²) in [4.78, 5) is 13.4. The molecule has 1 atom stereocenters. The SMILES string of the molecule is CC(c1cc(F)c2c(c1NC(=O)c1c(C(C)(C)O)coc1S(N)(=O)=O)CCC2)C1CC1. The number of benzene rings is 1. The number of primary sulfonamides is 1. The molecule has 31 heavy (non-hydrogen) atoms. The van der Waals surface area contributed by atoms with Crippen molar-refractivity contribution < 1.29 is 27.1 Å². The lowest BCUT2D eigenvalue weighted by atomic mass is 9.90. The van der Waals surface area contributed by atoms with Gasteiger partial charge in [0.2, 0.25) is 5.09 Å². The minimum absolute atomic E-state index is 0.00423. The van der Waals surface area contributed by atoms with E-state index in [2.05, 4.69) is 5.32 Å². The lowest BCUT2D eigenvalue weighted by Crippen LogP contribution is -2.25. The van der Waals surface area contributed by atoms with E-state index in [1.807, 2.05) is 6.92 Å². The van der Waals surface area contributed by atoms with Crippen LogP contribution in [-0.4, -0.2) is 19.4 Å². The first kappa shape index (κ1) is 22.0. The Bertz CT molecular complexity index is 1160. The third-order valence-electron chi connectivity index (χ3n) is 6.34. The van der Waals surface area contributed by atoms with E-state index in [-0.39, 0.29) is 22.9 Å². The van der Waals surface area contributed by atoms with Crippen LogP contribution < -0.4 is 10.5 Å². The molecule has 1 aromatic carbocycles. The van der Waals surface area contributed by atoms with Gasteiger partial charge in [-0.2, -0.15) is 0 Å². The van der Waals surface area contributed by atoms with Crippen LogP contribution in [0.4, 0.5) is 10.1 Å². The topological polar surface area (TPSA) is 123 Å². The van der Waals surface area contributed by atoms with Gasteiger partial charge < -0.3 is 14.8 Å². The molecule has 1 fully saturated rings. The van der Waals surface area contributed by atoms with Crippen LogP contribution in [0.3, 0.4) is 0 Å². The van der Waals surface area contributed by atoms with Crippen molar-refractivity contribution in [3.8, 4) is 0 Å². The van der Waals surface area contributed by atoms with Gasteiger partial charge in [-0.05, 0) is 80.5 Å². The number of nitrogens with one attached hydrogen (secondary N) is 1. The Kier molecular flexibility index (Phi) is 5.27. The van der Waals surface area contributed by atoms with Crippen molar-refractivity contribution >= 4 is 21.6 Å². The number of furan rings is 1. The highest BCUT2D eigenvalue weighted by atomic mass is 32.2. The second kappa shape index (κ2) is 7.43. The molecule has 1 aromatic heterocycles. The van der Waals surface area contributed by atoms with Gasteiger partial charge in [-0.25, -0.2) is 17.9 Å². The van der Waals surface area contributed by atoms with E-state index in [0.717, 1.165) is 31.1 Å². The smallest absolute Gasteiger partial charge is 0.272 e. The second-order valence-electron chi connectivity index (χ2n) is 9.13. The Morgan fingerprint density at radius 2 is 1.97 bits per heavy atom. The van der Waals surface area contributed by atoms with Crippen LogP contribution in [0.15, 0.2) is 21.8 Å². The summed E-state index contributed by atoms with van der Waals surface area (Å²) in [5.74, 6) is -0.555. The van der Waals surface area contributed by atoms with Gasteiger partial charge in [-0.3, -0.25) is 4.79 Å². The number of amides is 1. The van der Waals surface area contributed by atoms with Crippen molar-refractivity contribution in [1.82, 2.24) is 0 Å². The number of halogens is 1. The summed E-state index contributed by atoms with van der Waals surface area (Å²) in [5, 5.41) is 17.8. The summed E-state index contributed by atoms with van der Waals surface area (Å²) in [6, 6.07) is 1.50. The molecule has 1 unspecified atom stereocenters. The molecule has 2 aromatic rings. The van der Waals surface area contributed by atoms with Crippen LogP contribution in [0.2, 0.25) is 0 Å². The van der Waals surface area contributed by atoms with Gasteiger partial charge in [0, 0.05) is 11.3 Å². The Morgan fingerprint density at radius 1 is 1.32 bits per heavy atom. The highest BCUT2D eigenvalue weighted by Gasteiger charge is 2.37. The van der Waals surface area contributed by atoms with E-state index in [9.17, 15) is 22.7 Å². The Hall–Kier alpha value is -2.23. The highest BCUT2D eigenvalue weighted by molar-refractivity contribution is 7.89. The Morgan fingerprint density at radius 3 is 2.55 bits per heavy atom. The number of sulfonamides is 1. The van der Waals surface area contributed by atoms with Gasteiger partial charge in [0.25, 0.3) is 15.9 Å². The van der Waals surface area contributed by atoms with Gasteiger partial charge in [0.15, 0.2) is 0 Å². The van der Waals surface area contributed by atoms with Gasteiger partial charge in [0.05, 0.1) is 11.9 Å². The third kappa shape index (κ3) is 4.02. The molecule has 2 aliphatic carbocycles. The van der Waals surface area contributed by atoms with Crippen LogP contribution in [0, 0.1) is 11.7 Å². The Balaban J connectivity index is 1.84. The predicted octanol–water partition coefficient (Wildman–Crippen LogP) is 3.55. The maximum Gasteiger partial charge on any atom is 0.272 e. The van der Waals surface area contributed by atoms with E-state index in [1.165, 1.54) is 19.9 Å². The molecule has 7 nitrogen and oxygen atoms in total. The fourth-order valence-electron chi connectivity index (χ4n) is 4.50. The minimum Gasteiger partial charge on any atom is -0.451 e. The molecule has 168 valence electrons. The first-order chi connectivity index (χ1) is 14.4. The van der Waals surface area contributed by atoms with E-state index >= 15 is 0 Å². The van der Waals surface area contributed by atoms with Crippen molar-refractivity contribution in [1.29, 1.82) is 0 Å². The average molecular weight is 451 g/mol. The number of carbonyl (C=O) groups excluding carboxylic acids is 1. The lowest BCUT2D eigenvalue weighted by Gasteiger charge is -2.22. The maximum atomic E-state index is 14.8. The molecule has 0 radical (unpaired) electrons. The average Bonchev–Trinajstić information content (AvgIpc) is 3.18. The van der Waals surface area contributed by atoms with E-state index in [4.69, 9.17) is 9.56 Å². The molecular formula is C22H27FN2O5S. The van der Waals surface area contributed by atoms with Gasteiger partial charge in [0.1, 0.15) is 11.4 Å². The number of nitrogens with two attached hydrogens (primary N) is 1. The van der Waals surface area contributed by atoms with Gasteiger partial charge in [-0.1, -0.05) is 6.92 Å². The van der Waals surface area contributed by atoms with Crippen LogP contribution in [0.1, 0.15) is 78.6 Å². The molecule has 1 heterocycles. The highest BCUT2D eigenvalue weighted by Crippen LogP contribution is 2.47. The standard InChI is InChI=1S/C22H27FN2O5S/c1-11(12-7-8-12)15-9-17(23)13-5-4-6-14(13)19(15)25-20(26)18-16(22(2,3)27)10-30-21(18)31(24,28)29/h9-12,27H,4-8H2,1-3H3,(H,25,26)(H2,24,28,29). The molecular weight excluding hydrogens is 423 g/mol. The summed E-state index contributed by atoms with van der Waals surface area (Å²) in [7, 11) is -4.36. The van der Waals surface area contributed by atoms with Crippen molar-refractivity contribution in [2.24, 2.45) is 11.1 Å². The summed E-state index contributed by atoms with van der Waals surface area (Å²) in [6.07, 6.45) is 5.11. The maximum absolute atomic E-state index is 14.8. The normalized spacial score (nSPS) is 17.5. The zero-order chi connectivity index (χ0) is 22.7. The third-order valence-corrected chi connectivity index (χ3v) is 7.16. The van der Waals surface area contributed by atoms with E-state index < -0.39 is 26.6 Å². The number of carbonyl (C=O) groups is 1. The quantitative estimate of drug-likeness (QED) is 0.621. The van der Waals surface area contributed by atoms with Crippen LogP contribution >= 0.6 is 0 Å². The molecule has 0 aliphatic heterocycles. The first-order valence-electron chi connectivity index (χ1n) is 10.4. The molecule has 4 N–H and O–H groups in total. The van der Waals surface area contributed by atoms with E-state index in [1.54, 1.807) is 0 Å². The van der Waals surface area contributed by atoms with Crippen molar-refractivity contribution in [2.45, 2.75) is 69.5 Å². The van der Waals surface area contributed by atoms with Crippen LogP contribution in [0.25, 0.3) is 0 Å². The number of hydrogen-bond acceptors (Lipinski definition) is 5. The zero-order valence-electron chi connectivity index (χ0n) is 17.8. The van der Waals surface area contributed by atoms with Crippen molar-refractivity contribution in [2.75, 3.05) is 5.32 Å². The minimum atomic E-state index is -4.36. The number of fused-ring (bicyclic) bond motifs is 1. The summed E-state index contributed by atoms with van der Waals surface area (Å²) in [5.41, 5.74) is 0.695. The second-order valence-corrected chi connectivity index (χ2v) is 10.6. The molecule has 0 bridgehead atoms. The van der Waals surface area contributed by atoms with Crippen LogP contribution in [-0.2, 0) is 28.5 Å². The van der Waals surface area contributed by atoms with E-state index in [0.29, 0.717) is 35.6 Å². The largest absolute Gasteiger partial charge is 0.451 e. The zero-order valence-corrected chi connectivity index (χ0v) is 18.6. The van der Waals surface area contributed by atoms with Gasteiger partial charge in [-0.15, -0.1) is 0 Å². The molecule has 1 saturated carbocycles. The van der Waals surface area contributed by atoms with Crippen LogP contribution in [0.5, 0.6) is 0 Å². The van der Waals surface area contributed by atoms with Gasteiger partial charge >= 0.3 is 0 Å². The van der Waals surface area contributed by atoms with Crippen molar-refractivity contribution in [3.63, 3.8) is 0 Å². The monoisotopic (exact) mass is 450 g/mol. The molecule has 1 amide bonds. The molecule has 4 rings (SSSR count). The summed E-state index contributed by atoms with van der Waals surface area (Å²) < 4.78 is 43.9. The summed E-state index contributed by atoms with van der Waals surface area (Å²) in [6.45, 7) is 4.84.